The number of benzene rings is 2. The lowest BCUT2D eigenvalue weighted by Gasteiger charge is -2.26. The zero-order chi connectivity index (χ0) is 26.0. The molecule has 8 nitrogen and oxygen atoms in total. The molecule has 0 aliphatic carbocycles. The van der Waals surface area contributed by atoms with Crippen molar-refractivity contribution >= 4 is 33.2 Å². The number of unbranched alkanes of at least 4 members (excludes halogenated alkanes) is 1. The summed E-state index contributed by atoms with van der Waals surface area (Å²) in [5.41, 5.74) is 0.156. The van der Waals surface area contributed by atoms with E-state index < -0.39 is 22.5 Å². The fourth-order valence-electron chi connectivity index (χ4n) is 3.65. The van der Waals surface area contributed by atoms with Gasteiger partial charge in [-0.25, -0.2) is 8.42 Å². The molecule has 2 rings (SSSR count). The summed E-state index contributed by atoms with van der Waals surface area (Å²) in [4.78, 5) is 12.9. The first-order chi connectivity index (χ1) is 16.7. The lowest BCUT2D eigenvalue weighted by atomic mass is 9.99. The van der Waals surface area contributed by atoms with Gasteiger partial charge in [0.15, 0.2) is 11.5 Å². The average molecular weight is 527 g/mol. The molecular formula is C25H35ClN2O6S. The quantitative estimate of drug-likeness (QED) is 0.376. The third-order valence-corrected chi connectivity index (χ3v) is 7.76. The number of methoxy groups -OCH3 is 3. The Hall–Kier alpha value is -2.65. The highest BCUT2D eigenvalue weighted by atomic mass is 35.5. The van der Waals surface area contributed by atoms with Crippen LogP contribution >= 0.6 is 11.6 Å². The van der Waals surface area contributed by atoms with Crippen molar-refractivity contribution < 1.29 is 27.4 Å². The predicted octanol–water partition coefficient (Wildman–Crippen LogP) is 4.89. The van der Waals surface area contributed by atoms with E-state index in [1.165, 1.54) is 45.6 Å². The summed E-state index contributed by atoms with van der Waals surface area (Å²) in [6.45, 7) is 4.24. The molecular weight excluding hydrogens is 492 g/mol. The van der Waals surface area contributed by atoms with E-state index in [1.807, 2.05) is 0 Å². The van der Waals surface area contributed by atoms with Crippen LogP contribution in [0.2, 0.25) is 5.02 Å². The number of rotatable bonds is 14. The first kappa shape index (κ1) is 28.6. The zero-order valence-electron chi connectivity index (χ0n) is 21.0. The number of hydrogen-bond acceptors (Lipinski definition) is 6. The molecule has 0 aromatic heterocycles. The van der Waals surface area contributed by atoms with Crippen LogP contribution in [-0.2, 0) is 14.8 Å². The van der Waals surface area contributed by atoms with E-state index in [0.717, 1.165) is 30.0 Å². The van der Waals surface area contributed by atoms with Gasteiger partial charge in [0.1, 0.15) is 12.3 Å². The number of sulfonamides is 1. The number of hydrogen-bond donors (Lipinski definition) is 1. The number of carbonyl (C=O) groups excluding carboxylic acids is 1. The third kappa shape index (κ3) is 7.41. The summed E-state index contributed by atoms with van der Waals surface area (Å²) in [7, 11) is 0.0888. The monoisotopic (exact) mass is 526 g/mol. The fourth-order valence-corrected chi connectivity index (χ4v) is 5.26. The number of amides is 1. The Balaban J connectivity index is 2.45. The molecule has 0 saturated heterocycles. The summed E-state index contributed by atoms with van der Waals surface area (Å²) in [5.74, 6) is 0.800. The molecule has 194 valence electrons. The molecule has 0 fully saturated rings. The fraction of sp³-hybridized carbons (Fsp3) is 0.480. The van der Waals surface area contributed by atoms with Crippen LogP contribution in [0.5, 0.6) is 17.2 Å². The van der Waals surface area contributed by atoms with Crippen molar-refractivity contribution in [3.63, 3.8) is 0 Å². The van der Waals surface area contributed by atoms with Crippen molar-refractivity contribution in [1.82, 2.24) is 5.32 Å². The maximum absolute atomic E-state index is 13.8. The van der Waals surface area contributed by atoms with E-state index in [4.69, 9.17) is 25.8 Å². The normalized spacial score (nSPS) is 12.1. The number of nitrogens with zero attached hydrogens (tertiary/aromatic N) is 1. The minimum atomic E-state index is -4.22. The van der Waals surface area contributed by atoms with E-state index in [-0.39, 0.29) is 22.1 Å². The second-order valence-electron chi connectivity index (χ2n) is 8.07. The van der Waals surface area contributed by atoms with Crippen LogP contribution in [0.1, 0.15) is 39.5 Å². The van der Waals surface area contributed by atoms with Crippen LogP contribution in [0.25, 0.3) is 0 Å². The minimum absolute atomic E-state index is 0.0700. The standard InChI is InChI=1S/C25H35ClN2O6S/c1-6-8-9-18(7-2)16-27-25(29)17-28(21-14-19(26)10-12-22(21)32-3)35(30,31)20-11-13-23(33-4)24(15-20)34-5/h10-15,18H,6-9,16-17H2,1-5H3,(H,27,29). The molecule has 0 aliphatic rings. The van der Waals surface area contributed by atoms with E-state index in [1.54, 1.807) is 12.1 Å². The van der Waals surface area contributed by atoms with Crippen LogP contribution in [0.4, 0.5) is 5.69 Å². The van der Waals surface area contributed by atoms with Crippen LogP contribution in [-0.4, -0.2) is 48.7 Å². The molecule has 10 heteroatoms. The first-order valence-corrected chi connectivity index (χ1v) is 13.4. The zero-order valence-corrected chi connectivity index (χ0v) is 22.5. The summed E-state index contributed by atoms with van der Waals surface area (Å²) in [6.07, 6.45) is 4.09. The van der Waals surface area contributed by atoms with Crippen LogP contribution in [0, 0.1) is 5.92 Å². The Bertz CT molecular complexity index is 1090. The molecule has 0 spiro atoms. The minimum Gasteiger partial charge on any atom is -0.495 e. The molecule has 0 aliphatic heterocycles. The van der Waals surface area contributed by atoms with Gasteiger partial charge in [-0.2, -0.15) is 0 Å². The van der Waals surface area contributed by atoms with Gasteiger partial charge in [-0.3, -0.25) is 9.10 Å². The molecule has 1 amide bonds. The number of nitrogens with one attached hydrogen (secondary N) is 1. The maximum Gasteiger partial charge on any atom is 0.265 e. The summed E-state index contributed by atoms with van der Waals surface area (Å²) >= 11 is 6.19. The highest BCUT2D eigenvalue weighted by Crippen LogP contribution is 2.37. The molecule has 35 heavy (non-hydrogen) atoms. The van der Waals surface area contributed by atoms with Gasteiger partial charge >= 0.3 is 0 Å². The average Bonchev–Trinajstić information content (AvgIpc) is 2.86. The molecule has 1 N–H and O–H groups in total. The molecule has 0 radical (unpaired) electrons. The Morgan fingerprint density at radius 2 is 1.66 bits per heavy atom. The number of halogens is 1. The predicted molar refractivity (Wildman–Crippen MR) is 138 cm³/mol. The second kappa shape index (κ2) is 13.4. The van der Waals surface area contributed by atoms with Gasteiger partial charge in [-0.15, -0.1) is 0 Å². The van der Waals surface area contributed by atoms with E-state index >= 15 is 0 Å². The van der Waals surface area contributed by atoms with E-state index in [2.05, 4.69) is 19.2 Å². The largest absolute Gasteiger partial charge is 0.495 e. The number of carbonyl (C=O) groups is 1. The first-order valence-electron chi connectivity index (χ1n) is 11.6. The van der Waals surface area contributed by atoms with Crippen LogP contribution in [0.3, 0.4) is 0 Å². The van der Waals surface area contributed by atoms with Crippen LogP contribution in [0.15, 0.2) is 41.3 Å². The Morgan fingerprint density at radius 1 is 1.00 bits per heavy atom. The van der Waals surface area contributed by atoms with Gasteiger partial charge in [-0.1, -0.05) is 44.7 Å². The molecule has 0 heterocycles. The van der Waals surface area contributed by atoms with Gasteiger partial charge in [0.2, 0.25) is 5.91 Å². The summed E-state index contributed by atoms with van der Waals surface area (Å²) < 4.78 is 44.5. The summed E-state index contributed by atoms with van der Waals surface area (Å²) in [6, 6.07) is 8.86. The van der Waals surface area contributed by atoms with Crippen molar-refractivity contribution in [3.05, 3.63) is 41.4 Å². The van der Waals surface area contributed by atoms with Crippen molar-refractivity contribution in [2.75, 3.05) is 38.7 Å². The van der Waals surface area contributed by atoms with Gasteiger partial charge in [0, 0.05) is 17.6 Å². The molecule has 2 aromatic rings. The maximum atomic E-state index is 13.8. The Kier molecular flexibility index (Phi) is 11.0. The van der Waals surface area contributed by atoms with Crippen molar-refractivity contribution in [1.29, 1.82) is 0 Å². The van der Waals surface area contributed by atoms with E-state index in [0.29, 0.717) is 23.2 Å². The van der Waals surface area contributed by atoms with E-state index in [9.17, 15) is 13.2 Å². The second-order valence-corrected chi connectivity index (χ2v) is 10.4. The van der Waals surface area contributed by atoms with Gasteiger partial charge < -0.3 is 19.5 Å². The summed E-state index contributed by atoms with van der Waals surface area (Å²) in [5, 5.41) is 3.20. The Morgan fingerprint density at radius 3 is 2.26 bits per heavy atom. The third-order valence-electron chi connectivity index (χ3n) is 5.77. The Labute approximate surface area is 213 Å². The molecule has 2 aromatic carbocycles. The molecule has 0 saturated carbocycles. The lowest BCUT2D eigenvalue weighted by Crippen LogP contribution is -2.42. The van der Waals surface area contributed by atoms with Gasteiger partial charge in [0.05, 0.1) is 31.9 Å². The molecule has 1 unspecified atom stereocenters. The lowest BCUT2D eigenvalue weighted by molar-refractivity contribution is -0.119. The van der Waals surface area contributed by atoms with Gasteiger partial charge in [-0.05, 0) is 42.7 Å². The topological polar surface area (TPSA) is 94.2 Å². The highest BCUT2D eigenvalue weighted by Gasteiger charge is 2.30. The van der Waals surface area contributed by atoms with Crippen molar-refractivity contribution in [2.45, 2.75) is 44.4 Å². The SMILES string of the molecule is CCCCC(CC)CNC(=O)CN(c1cc(Cl)ccc1OC)S(=O)(=O)c1ccc(OC)c(OC)c1. The van der Waals surface area contributed by atoms with Crippen molar-refractivity contribution in [3.8, 4) is 17.2 Å². The number of ether oxygens (including phenoxy) is 3. The van der Waals surface area contributed by atoms with Crippen molar-refractivity contribution in [2.24, 2.45) is 5.92 Å². The number of anilines is 1. The van der Waals surface area contributed by atoms with Crippen LogP contribution < -0.4 is 23.8 Å². The molecule has 0 bridgehead atoms. The van der Waals surface area contributed by atoms with Gasteiger partial charge in [0.25, 0.3) is 10.0 Å². The smallest absolute Gasteiger partial charge is 0.265 e. The highest BCUT2D eigenvalue weighted by molar-refractivity contribution is 7.92. The molecule has 1 atom stereocenters.